The number of hydrogen-bond acceptors (Lipinski definition) is 3. The molecule has 2 aromatic rings. The molecular formula is C14H14N2O2. The van der Waals surface area contributed by atoms with Gasteiger partial charge in [-0.25, -0.2) is 0 Å². The van der Waals surface area contributed by atoms with E-state index in [9.17, 15) is 9.90 Å². The van der Waals surface area contributed by atoms with Gasteiger partial charge in [0, 0.05) is 18.9 Å². The van der Waals surface area contributed by atoms with Crippen molar-refractivity contribution in [3.05, 3.63) is 59.4 Å². The van der Waals surface area contributed by atoms with Crippen LogP contribution in [0.25, 0.3) is 0 Å². The molecule has 0 bridgehead atoms. The van der Waals surface area contributed by atoms with Gasteiger partial charge in [0.2, 0.25) is 0 Å². The smallest absolute Gasteiger partial charge is 0.255 e. The zero-order valence-corrected chi connectivity index (χ0v) is 10.1. The van der Waals surface area contributed by atoms with E-state index in [1.807, 2.05) is 19.1 Å². The number of carbonyl (C=O) groups is 1. The molecule has 18 heavy (non-hydrogen) atoms. The fourth-order valence-corrected chi connectivity index (χ4v) is 1.61. The van der Waals surface area contributed by atoms with E-state index in [1.165, 1.54) is 6.07 Å². The van der Waals surface area contributed by atoms with Crippen LogP contribution in [0.3, 0.4) is 0 Å². The van der Waals surface area contributed by atoms with Gasteiger partial charge in [0.25, 0.3) is 5.91 Å². The zero-order chi connectivity index (χ0) is 13.0. The Kier molecular flexibility index (Phi) is 3.57. The largest absolute Gasteiger partial charge is 0.507 e. The van der Waals surface area contributed by atoms with Crippen LogP contribution in [0, 0.1) is 6.92 Å². The molecule has 2 rings (SSSR count). The van der Waals surface area contributed by atoms with Crippen LogP contribution in [0.2, 0.25) is 0 Å². The van der Waals surface area contributed by atoms with Crippen molar-refractivity contribution < 1.29 is 9.90 Å². The van der Waals surface area contributed by atoms with E-state index in [1.54, 1.807) is 24.5 Å². The van der Waals surface area contributed by atoms with Crippen LogP contribution in [-0.2, 0) is 6.54 Å². The van der Waals surface area contributed by atoms with Crippen LogP contribution >= 0.6 is 0 Å². The number of aryl methyl sites for hydroxylation is 1. The van der Waals surface area contributed by atoms with Crippen LogP contribution in [0.15, 0.2) is 42.7 Å². The number of phenols is 1. The third-order valence-corrected chi connectivity index (χ3v) is 2.60. The Morgan fingerprint density at radius 3 is 2.72 bits per heavy atom. The van der Waals surface area contributed by atoms with Crippen molar-refractivity contribution in [2.24, 2.45) is 0 Å². The van der Waals surface area contributed by atoms with Gasteiger partial charge < -0.3 is 10.4 Å². The van der Waals surface area contributed by atoms with Gasteiger partial charge in [0.05, 0.1) is 5.56 Å². The van der Waals surface area contributed by atoms with Gasteiger partial charge in [-0.1, -0.05) is 11.6 Å². The topological polar surface area (TPSA) is 62.2 Å². The Hall–Kier alpha value is -2.36. The van der Waals surface area contributed by atoms with E-state index in [-0.39, 0.29) is 11.7 Å². The van der Waals surface area contributed by atoms with E-state index in [4.69, 9.17) is 0 Å². The van der Waals surface area contributed by atoms with Crippen molar-refractivity contribution in [2.75, 3.05) is 0 Å². The molecule has 1 amide bonds. The molecule has 0 radical (unpaired) electrons. The maximum Gasteiger partial charge on any atom is 0.255 e. The number of aromatic nitrogens is 1. The highest BCUT2D eigenvalue weighted by Crippen LogP contribution is 2.17. The van der Waals surface area contributed by atoms with Gasteiger partial charge in [0.1, 0.15) is 5.75 Å². The van der Waals surface area contributed by atoms with E-state index in [0.29, 0.717) is 12.1 Å². The standard InChI is InChI=1S/C14H14N2O2/c1-10-2-3-13(17)12(8-10)14(18)16-9-11-4-6-15-7-5-11/h2-8,17H,9H2,1H3,(H,16,18). The van der Waals surface area contributed by atoms with Crippen molar-refractivity contribution >= 4 is 5.91 Å². The van der Waals surface area contributed by atoms with Gasteiger partial charge >= 0.3 is 0 Å². The molecule has 0 fully saturated rings. The summed E-state index contributed by atoms with van der Waals surface area (Å²) in [6.07, 6.45) is 3.34. The number of pyridine rings is 1. The fourth-order valence-electron chi connectivity index (χ4n) is 1.61. The highest BCUT2D eigenvalue weighted by Gasteiger charge is 2.10. The lowest BCUT2D eigenvalue weighted by Gasteiger charge is -2.07. The molecule has 0 atom stereocenters. The lowest BCUT2D eigenvalue weighted by atomic mass is 10.1. The predicted molar refractivity (Wildman–Crippen MR) is 68.3 cm³/mol. The summed E-state index contributed by atoms with van der Waals surface area (Å²) in [6, 6.07) is 8.61. The normalized spacial score (nSPS) is 10.1. The molecule has 0 saturated heterocycles. The Labute approximate surface area is 105 Å². The summed E-state index contributed by atoms with van der Waals surface area (Å²) in [6.45, 7) is 2.29. The second-order valence-electron chi connectivity index (χ2n) is 4.06. The van der Waals surface area contributed by atoms with Crippen molar-refractivity contribution in [1.82, 2.24) is 10.3 Å². The molecule has 0 aliphatic heterocycles. The second-order valence-corrected chi connectivity index (χ2v) is 4.06. The maximum atomic E-state index is 11.9. The molecule has 1 aromatic heterocycles. The molecule has 0 aliphatic rings. The Balaban J connectivity index is 2.06. The summed E-state index contributed by atoms with van der Waals surface area (Å²) in [5.41, 5.74) is 2.19. The summed E-state index contributed by atoms with van der Waals surface area (Å²) < 4.78 is 0. The van der Waals surface area contributed by atoms with Gasteiger partial charge in [0.15, 0.2) is 0 Å². The molecule has 1 heterocycles. The average molecular weight is 242 g/mol. The van der Waals surface area contributed by atoms with Crippen LogP contribution in [0.1, 0.15) is 21.5 Å². The second kappa shape index (κ2) is 5.31. The highest BCUT2D eigenvalue weighted by atomic mass is 16.3. The minimum absolute atomic E-state index is 0.00664. The van der Waals surface area contributed by atoms with E-state index >= 15 is 0 Å². The number of phenolic OH excluding ortho intramolecular Hbond substituents is 1. The van der Waals surface area contributed by atoms with E-state index < -0.39 is 0 Å². The van der Waals surface area contributed by atoms with Crippen molar-refractivity contribution in [2.45, 2.75) is 13.5 Å². The quantitative estimate of drug-likeness (QED) is 0.865. The lowest BCUT2D eigenvalue weighted by Crippen LogP contribution is -2.22. The van der Waals surface area contributed by atoms with Crippen molar-refractivity contribution in [1.29, 1.82) is 0 Å². The number of nitrogens with zero attached hydrogens (tertiary/aromatic N) is 1. The summed E-state index contributed by atoms with van der Waals surface area (Å²) >= 11 is 0. The first kappa shape index (κ1) is 12.1. The number of nitrogens with one attached hydrogen (secondary N) is 1. The van der Waals surface area contributed by atoms with Crippen LogP contribution < -0.4 is 5.32 Å². The first-order chi connectivity index (χ1) is 8.66. The lowest BCUT2D eigenvalue weighted by molar-refractivity contribution is 0.0948. The van der Waals surface area contributed by atoms with Gasteiger partial charge in [-0.3, -0.25) is 9.78 Å². The maximum absolute atomic E-state index is 11.9. The molecule has 2 N–H and O–H groups in total. The summed E-state index contributed by atoms with van der Waals surface area (Å²) in [5, 5.41) is 12.4. The number of aromatic hydroxyl groups is 1. The molecule has 0 saturated carbocycles. The molecular weight excluding hydrogens is 228 g/mol. The van der Waals surface area contributed by atoms with Gasteiger partial charge in [-0.2, -0.15) is 0 Å². The van der Waals surface area contributed by atoms with Gasteiger partial charge in [-0.05, 0) is 36.8 Å². The predicted octanol–water partition coefficient (Wildman–Crippen LogP) is 2.03. The highest BCUT2D eigenvalue weighted by molar-refractivity contribution is 5.96. The Morgan fingerprint density at radius 2 is 2.00 bits per heavy atom. The van der Waals surface area contributed by atoms with Crippen molar-refractivity contribution in [3.8, 4) is 5.75 Å². The number of benzene rings is 1. The third-order valence-electron chi connectivity index (χ3n) is 2.60. The first-order valence-electron chi connectivity index (χ1n) is 5.63. The van der Waals surface area contributed by atoms with Crippen molar-refractivity contribution in [3.63, 3.8) is 0 Å². The molecule has 1 aromatic carbocycles. The SMILES string of the molecule is Cc1ccc(O)c(C(=O)NCc2ccncc2)c1. The molecule has 0 spiro atoms. The van der Waals surface area contributed by atoms with Crippen LogP contribution in [0.4, 0.5) is 0 Å². The van der Waals surface area contributed by atoms with E-state index in [2.05, 4.69) is 10.3 Å². The summed E-state index contributed by atoms with van der Waals surface area (Å²) in [4.78, 5) is 15.8. The molecule has 0 unspecified atom stereocenters. The monoisotopic (exact) mass is 242 g/mol. The zero-order valence-electron chi connectivity index (χ0n) is 10.1. The third kappa shape index (κ3) is 2.85. The molecule has 92 valence electrons. The Bertz CT molecular complexity index is 553. The fraction of sp³-hybridized carbons (Fsp3) is 0.143. The number of amides is 1. The van der Waals surface area contributed by atoms with Crippen LogP contribution in [-0.4, -0.2) is 16.0 Å². The summed E-state index contributed by atoms with van der Waals surface area (Å²) in [5.74, 6) is -0.291. The minimum atomic E-state index is -0.284. The van der Waals surface area contributed by atoms with Crippen LogP contribution in [0.5, 0.6) is 5.75 Å². The summed E-state index contributed by atoms with van der Waals surface area (Å²) in [7, 11) is 0. The average Bonchev–Trinajstić information content (AvgIpc) is 2.40. The van der Waals surface area contributed by atoms with E-state index in [0.717, 1.165) is 11.1 Å². The number of hydrogen-bond donors (Lipinski definition) is 2. The molecule has 4 heteroatoms. The Morgan fingerprint density at radius 1 is 1.28 bits per heavy atom. The molecule has 0 aliphatic carbocycles. The number of rotatable bonds is 3. The molecule has 4 nitrogen and oxygen atoms in total. The minimum Gasteiger partial charge on any atom is -0.507 e. The van der Waals surface area contributed by atoms with Gasteiger partial charge in [-0.15, -0.1) is 0 Å². The first-order valence-corrected chi connectivity index (χ1v) is 5.63. The number of carbonyl (C=O) groups excluding carboxylic acids is 1.